The fourth-order valence-corrected chi connectivity index (χ4v) is 1.58. The Morgan fingerprint density at radius 2 is 1.94 bits per heavy atom. The fraction of sp³-hybridized carbons (Fsp3) is 0.571. The molecular weight excluding hydrogens is 236 g/mol. The molecule has 2 N–H and O–H groups in total. The van der Waals surface area contributed by atoms with Crippen molar-refractivity contribution in [3.8, 4) is 0 Å². The van der Waals surface area contributed by atoms with Crippen molar-refractivity contribution >= 4 is 0 Å². The molecule has 102 valence electrons. The van der Waals surface area contributed by atoms with Gasteiger partial charge in [0.1, 0.15) is 11.6 Å². The molecule has 0 radical (unpaired) electrons. The van der Waals surface area contributed by atoms with Crippen LogP contribution in [0.2, 0.25) is 0 Å². The molecule has 4 heteroatoms. The summed E-state index contributed by atoms with van der Waals surface area (Å²) in [7, 11) is 0. The van der Waals surface area contributed by atoms with E-state index in [4.69, 9.17) is 0 Å². The van der Waals surface area contributed by atoms with Crippen LogP contribution in [0.3, 0.4) is 0 Å². The van der Waals surface area contributed by atoms with Crippen molar-refractivity contribution < 1.29 is 13.9 Å². The first-order valence-electron chi connectivity index (χ1n) is 6.13. The Bertz CT molecular complexity index is 388. The van der Waals surface area contributed by atoms with Crippen molar-refractivity contribution in [1.82, 2.24) is 5.32 Å². The van der Waals surface area contributed by atoms with Gasteiger partial charge in [0.15, 0.2) is 0 Å². The molecule has 0 aliphatic carbocycles. The van der Waals surface area contributed by atoms with Crippen LogP contribution in [0.5, 0.6) is 0 Å². The minimum absolute atomic E-state index is 0.125. The average molecular weight is 257 g/mol. The van der Waals surface area contributed by atoms with E-state index in [2.05, 4.69) is 26.1 Å². The molecule has 1 rings (SSSR count). The number of aliphatic hydroxyl groups is 1. The van der Waals surface area contributed by atoms with E-state index in [-0.39, 0.29) is 17.5 Å². The first-order valence-corrected chi connectivity index (χ1v) is 6.13. The Morgan fingerprint density at radius 3 is 2.50 bits per heavy atom. The van der Waals surface area contributed by atoms with Crippen LogP contribution in [0.25, 0.3) is 0 Å². The predicted molar refractivity (Wildman–Crippen MR) is 68.3 cm³/mol. The van der Waals surface area contributed by atoms with Crippen LogP contribution < -0.4 is 5.32 Å². The molecule has 0 bridgehead atoms. The number of halogens is 2. The largest absolute Gasteiger partial charge is 0.387 e. The van der Waals surface area contributed by atoms with Crippen molar-refractivity contribution in [3.63, 3.8) is 0 Å². The summed E-state index contributed by atoms with van der Waals surface area (Å²) >= 11 is 0. The molecule has 0 aliphatic heterocycles. The molecule has 1 unspecified atom stereocenters. The van der Waals surface area contributed by atoms with Gasteiger partial charge in [-0.15, -0.1) is 0 Å². The summed E-state index contributed by atoms with van der Waals surface area (Å²) in [5, 5.41) is 12.9. The monoisotopic (exact) mass is 257 g/mol. The predicted octanol–water partition coefficient (Wildman–Crippen LogP) is 3.02. The zero-order valence-corrected chi connectivity index (χ0v) is 11.1. The molecule has 0 heterocycles. The molecule has 0 amide bonds. The van der Waals surface area contributed by atoms with E-state index in [0.717, 1.165) is 25.1 Å². The zero-order chi connectivity index (χ0) is 13.8. The highest BCUT2D eigenvalue weighted by molar-refractivity contribution is 5.21. The van der Waals surface area contributed by atoms with Gasteiger partial charge in [-0.2, -0.15) is 0 Å². The molecule has 0 saturated heterocycles. The smallest absolute Gasteiger partial charge is 0.131 e. The molecule has 0 fully saturated rings. The first kappa shape index (κ1) is 15.1. The van der Waals surface area contributed by atoms with Crippen LogP contribution in [0.15, 0.2) is 18.2 Å². The van der Waals surface area contributed by atoms with E-state index in [0.29, 0.717) is 0 Å². The van der Waals surface area contributed by atoms with Gasteiger partial charge in [-0.1, -0.05) is 26.8 Å². The van der Waals surface area contributed by atoms with Gasteiger partial charge in [0.2, 0.25) is 0 Å². The van der Waals surface area contributed by atoms with E-state index in [9.17, 15) is 13.9 Å². The number of nitrogens with one attached hydrogen (secondary N) is 1. The lowest BCUT2D eigenvalue weighted by Crippen LogP contribution is -2.25. The van der Waals surface area contributed by atoms with Gasteiger partial charge in [0.25, 0.3) is 0 Å². The van der Waals surface area contributed by atoms with Gasteiger partial charge in [-0.25, -0.2) is 8.78 Å². The van der Waals surface area contributed by atoms with Crippen molar-refractivity contribution in [1.29, 1.82) is 0 Å². The van der Waals surface area contributed by atoms with Crippen LogP contribution in [0.1, 0.15) is 38.9 Å². The third-order valence-electron chi connectivity index (χ3n) is 2.71. The molecule has 18 heavy (non-hydrogen) atoms. The Morgan fingerprint density at radius 1 is 1.28 bits per heavy atom. The third kappa shape index (κ3) is 5.10. The Hall–Kier alpha value is -1.00. The van der Waals surface area contributed by atoms with E-state index in [1.54, 1.807) is 0 Å². The molecular formula is C14H21F2NO. The van der Waals surface area contributed by atoms with Crippen LogP contribution in [0, 0.1) is 17.0 Å². The van der Waals surface area contributed by atoms with Crippen molar-refractivity contribution in [3.05, 3.63) is 35.4 Å². The minimum atomic E-state index is -0.953. The van der Waals surface area contributed by atoms with Gasteiger partial charge in [-0.05, 0) is 24.4 Å². The van der Waals surface area contributed by atoms with Crippen LogP contribution in [0.4, 0.5) is 8.78 Å². The highest BCUT2D eigenvalue weighted by atomic mass is 19.1. The Kier molecular flexibility index (Phi) is 5.23. The summed E-state index contributed by atoms with van der Waals surface area (Å²) in [6.45, 7) is 7.41. The molecule has 1 atom stereocenters. The summed E-state index contributed by atoms with van der Waals surface area (Å²) in [5.41, 5.74) is 0.346. The highest BCUT2D eigenvalue weighted by Crippen LogP contribution is 2.19. The van der Waals surface area contributed by atoms with Crippen LogP contribution in [-0.4, -0.2) is 18.2 Å². The first-order chi connectivity index (χ1) is 8.29. The highest BCUT2D eigenvalue weighted by Gasteiger charge is 2.14. The summed E-state index contributed by atoms with van der Waals surface area (Å²) in [4.78, 5) is 0. The molecule has 1 aromatic rings. The maximum Gasteiger partial charge on any atom is 0.131 e. The van der Waals surface area contributed by atoms with Gasteiger partial charge in [0.05, 0.1) is 6.10 Å². The SMILES string of the molecule is CC(C)(C)CCNCC(O)c1ccc(F)cc1F. The normalized spacial score (nSPS) is 13.7. The topological polar surface area (TPSA) is 32.3 Å². The van der Waals surface area contributed by atoms with Crippen molar-refractivity contribution in [2.24, 2.45) is 5.41 Å². The average Bonchev–Trinajstić information content (AvgIpc) is 2.22. The maximum atomic E-state index is 13.4. The second kappa shape index (κ2) is 6.25. The van der Waals surface area contributed by atoms with Crippen molar-refractivity contribution in [2.45, 2.75) is 33.3 Å². The van der Waals surface area contributed by atoms with Gasteiger partial charge in [0, 0.05) is 18.2 Å². The molecule has 0 spiro atoms. The van der Waals surface area contributed by atoms with Crippen LogP contribution in [-0.2, 0) is 0 Å². The van der Waals surface area contributed by atoms with Crippen molar-refractivity contribution in [2.75, 3.05) is 13.1 Å². The Labute approximate surface area is 107 Å². The van der Waals surface area contributed by atoms with E-state index in [1.165, 1.54) is 6.07 Å². The number of hydrogen-bond donors (Lipinski definition) is 2. The summed E-state index contributed by atoms with van der Waals surface area (Å²) in [6.07, 6.45) is 0.0107. The zero-order valence-electron chi connectivity index (χ0n) is 11.1. The standard InChI is InChI=1S/C14H21F2NO/c1-14(2,3)6-7-17-9-13(18)11-5-4-10(15)8-12(11)16/h4-5,8,13,17-18H,6-7,9H2,1-3H3. The van der Waals surface area contributed by atoms with E-state index in [1.807, 2.05) is 0 Å². The second-order valence-electron chi connectivity index (χ2n) is 5.70. The third-order valence-corrected chi connectivity index (χ3v) is 2.71. The molecule has 2 nitrogen and oxygen atoms in total. The van der Waals surface area contributed by atoms with E-state index >= 15 is 0 Å². The number of rotatable bonds is 5. The summed E-state index contributed by atoms with van der Waals surface area (Å²) in [5.74, 6) is -1.34. The van der Waals surface area contributed by atoms with Crippen LogP contribution >= 0.6 is 0 Å². The van der Waals surface area contributed by atoms with Gasteiger partial charge < -0.3 is 10.4 Å². The lowest BCUT2D eigenvalue weighted by atomic mass is 9.92. The molecule has 0 saturated carbocycles. The Balaban J connectivity index is 2.43. The number of benzene rings is 1. The van der Waals surface area contributed by atoms with E-state index < -0.39 is 17.7 Å². The quantitative estimate of drug-likeness (QED) is 0.795. The lowest BCUT2D eigenvalue weighted by molar-refractivity contribution is 0.168. The van der Waals surface area contributed by atoms with Gasteiger partial charge in [-0.3, -0.25) is 0 Å². The second-order valence-corrected chi connectivity index (χ2v) is 5.70. The molecule has 0 aliphatic rings. The summed E-state index contributed by atoms with van der Waals surface area (Å²) < 4.78 is 26.1. The minimum Gasteiger partial charge on any atom is -0.387 e. The molecule has 1 aromatic carbocycles. The summed E-state index contributed by atoms with van der Waals surface area (Å²) in [6, 6.07) is 3.21. The fourth-order valence-electron chi connectivity index (χ4n) is 1.58. The number of hydrogen-bond acceptors (Lipinski definition) is 2. The number of aliphatic hydroxyl groups excluding tert-OH is 1. The van der Waals surface area contributed by atoms with Gasteiger partial charge >= 0.3 is 0 Å². The lowest BCUT2D eigenvalue weighted by Gasteiger charge is -2.19. The maximum absolute atomic E-state index is 13.4. The molecule has 0 aromatic heterocycles.